The van der Waals surface area contributed by atoms with Crippen molar-refractivity contribution in [2.24, 2.45) is 5.41 Å². The highest BCUT2D eigenvalue weighted by Crippen LogP contribution is 2.26. The number of nitrogens with one attached hydrogen (secondary N) is 1. The summed E-state index contributed by atoms with van der Waals surface area (Å²) in [6.07, 6.45) is 2.35. The lowest BCUT2D eigenvalue weighted by Gasteiger charge is -2.33. The molecule has 0 radical (unpaired) electrons. The molecule has 1 N–H and O–H groups in total. The van der Waals surface area contributed by atoms with E-state index >= 15 is 0 Å². The first-order valence-electron chi connectivity index (χ1n) is 6.64. The van der Waals surface area contributed by atoms with Gasteiger partial charge in [0.15, 0.2) is 0 Å². The van der Waals surface area contributed by atoms with E-state index in [0.29, 0.717) is 5.41 Å². The smallest absolute Gasteiger partial charge is 0.00967 e. The molecule has 0 amide bonds. The van der Waals surface area contributed by atoms with Crippen LogP contribution in [0, 0.1) is 5.41 Å². The fourth-order valence-electron chi connectivity index (χ4n) is 1.88. The molecule has 17 heavy (non-hydrogen) atoms. The predicted molar refractivity (Wildman–Crippen MR) is 76.3 cm³/mol. The monoisotopic (exact) mass is 233 g/mol. The Balaban J connectivity index is 2.63. The molecule has 1 rings (SSSR count). The minimum atomic E-state index is 0.202. The summed E-state index contributed by atoms with van der Waals surface area (Å²) in [5.41, 5.74) is 1.98. The molecule has 1 unspecified atom stereocenters. The minimum Gasteiger partial charge on any atom is -0.312 e. The van der Waals surface area contributed by atoms with Crippen molar-refractivity contribution in [3.05, 3.63) is 35.9 Å². The van der Waals surface area contributed by atoms with Crippen molar-refractivity contribution in [1.82, 2.24) is 5.32 Å². The molecule has 0 fully saturated rings. The lowest BCUT2D eigenvalue weighted by atomic mass is 9.80. The maximum absolute atomic E-state index is 3.63. The molecule has 0 saturated carbocycles. The first-order chi connectivity index (χ1) is 7.85. The summed E-state index contributed by atoms with van der Waals surface area (Å²) >= 11 is 0. The molecule has 0 aliphatic carbocycles. The highest BCUT2D eigenvalue weighted by molar-refractivity contribution is 5.16. The van der Waals surface area contributed by atoms with Gasteiger partial charge >= 0.3 is 0 Å². The molecule has 1 nitrogen and oxygen atoms in total. The third-order valence-corrected chi connectivity index (χ3v) is 3.37. The van der Waals surface area contributed by atoms with Crippen LogP contribution in [0.2, 0.25) is 0 Å². The molecule has 0 saturated heterocycles. The molecule has 0 aromatic heterocycles. The second-order valence-electron chi connectivity index (χ2n) is 6.43. The van der Waals surface area contributed by atoms with Crippen LogP contribution in [0.1, 0.15) is 46.6 Å². The largest absolute Gasteiger partial charge is 0.312 e. The van der Waals surface area contributed by atoms with Gasteiger partial charge in [-0.1, -0.05) is 44.2 Å². The third kappa shape index (κ3) is 5.36. The van der Waals surface area contributed by atoms with Gasteiger partial charge in [0.25, 0.3) is 0 Å². The Morgan fingerprint density at radius 1 is 1.00 bits per heavy atom. The topological polar surface area (TPSA) is 12.0 Å². The Labute approximate surface area is 107 Å². The molecule has 0 aliphatic heterocycles. The Morgan fingerprint density at radius 3 is 2.06 bits per heavy atom. The van der Waals surface area contributed by atoms with Gasteiger partial charge in [0.1, 0.15) is 0 Å². The van der Waals surface area contributed by atoms with Crippen LogP contribution in [0.4, 0.5) is 0 Å². The molecule has 1 atom stereocenters. The van der Waals surface area contributed by atoms with Gasteiger partial charge in [0, 0.05) is 12.1 Å². The van der Waals surface area contributed by atoms with Crippen molar-refractivity contribution in [3.8, 4) is 0 Å². The average molecular weight is 233 g/mol. The molecule has 1 aromatic carbocycles. The van der Waals surface area contributed by atoms with Gasteiger partial charge in [-0.25, -0.2) is 0 Å². The molecular weight excluding hydrogens is 206 g/mol. The summed E-state index contributed by atoms with van der Waals surface area (Å²) in [5.74, 6) is 0. The Kier molecular flexibility index (Phi) is 4.76. The summed E-state index contributed by atoms with van der Waals surface area (Å²) in [4.78, 5) is 0. The van der Waals surface area contributed by atoms with Gasteiger partial charge in [-0.15, -0.1) is 0 Å². The lowest BCUT2D eigenvalue weighted by molar-refractivity contribution is 0.255. The quantitative estimate of drug-likeness (QED) is 0.809. The van der Waals surface area contributed by atoms with Gasteiger partial charge in [-0.05, 0) is 44.6 Å². The summed E-state index contributed by atoms with van der Waals surface area (Å²) < 4.78 is 0. The standard InChI is InChI=1S/C16H27N/c1-6-16(5,13-17-15(2,3)4)12-14-10-8-7-9-11-14/h7-11,17H,6,12-13H2,1-5H3. The van der Waals surface area contributed by atoms with E-state index in [9.17, 15) is 0 Å². The van der Waals surface area contributed by atoms with Crippen LogP contribution in [-0.4, -0.2) is 12.1 Å². The number of benzene rings is 1. The summed E-state index contributed by atoms with van der Waals surface area (Å²) in [6, 6.07) is 10.8. The molecule has 96 valence electrons. The average Bonchev–Trinajstić information content (AvgIpc) is 2.27. The molecule has 0 bridgehead atoms. The predicted octanol–water partition coefficient (Wildman–Crippen LogP) is 4.03. The van der Waals surface area contributed by atoms with E-state index in [1.165, 1.54) is 12.0 Å². The van der Waals surface area contributed by atoms with E-state index in [1.54, 1.807) is 0 Å². The van der Waals surface area contributed by atoms with Crippen LogP contribution < -0.4 is 5.32 Å². The van der Waals surface area contributed by atoms with E-state index in [1.807, 2.05) is 0 Å². The summed E-state index contributed by atoms with van der Waals surface area (Å²) in [6.45, 7) is 12.4. The fourth-order valence-corrected chi connectivity index (χ4v) is 1.88. The van der Waals surface area contributed by atoms with E-state index in [2.05, 4.69) is 70.3 Å². The van der Waals surface area contributed by atoms with Crippen molar-refractivity contribution < 1.29 is 0 Å². The van der Waals surface area contributed by atoms with Crippen LogP contribution in [0.15, 0.2) is 30.3 Å². The van der Waals surface area contributed by atoms with Crippen LogP contribution >= 0.6 is 0 Å². The Morgan fingerprint density at radius 2 is 1.59 bits per heavy atom. The lowest BCUT2D eigenvalue weighted by Crippen LogP contribution is -2.43. The van der Waals surface area contributed by atoms with Gasteiger partial charge < -0.3 is 5.32 Å². The highest BCUT2D eigenvalue weighted by Gasteiger charge is 2.24. The van der Waals surface area contributed by atoms with E-state index in [-0.39, 0.29) is 5.54 Å². The van der Waals surface area contributed by atoms with Crippen molar-refractivity contribution in [3.63, 3.8) is 0 Å². The SMILES string of the molecule is CCC(C)(CNC(C)(C)C)Cc1ccccc1. The number of hydrogen-bond acceptors (Lipinski definition) is 1. The van der Waals surface area contributed by atoms with Gasteiger partial charge in [0.05, 0.1) is 0 Å². The van der Waals surface area contributed by atoms with Crippen LogP contribution in [0.25, 0.3) is 0 Å². The second kappa shape index (κ2) is 5.68. The zero-order chi connectivity index (χ0) is 12.9. The van der Waals surface area contributed by atoms with E-state index in [4.69, 9.17) is 0 Å². The van der Waals surface area contributed by atoms with Crippen molar-refractivity contribution in [2.45, 2.75) is 53.0 Å². The summed E-state index contributed by atoms with van der Waals surface area (Å²) in [7, 11) is 0. The minimum absolute atomic E-state index is 0.202. The first kappa shape index (κ1) is 14.2. The first-order valence-corrected chi connectivity index (χ1v) is 6.64. The van der Waals surface area contributed by atoms with Crippen molar-refractivity contribution in [2.75, 3.05) is 6.54 Å². The maximum Gasteiger partial charge on any atom is 0.00967 e. The molecular formula is C16H27N. The van der Waals surface area contributed by atoms with Crippen molar-refractivity contribution >= 4 is 0 Å². The fraction of sp³-hybridized carbons (Fsp3) is 0.625. The van der Waals surface area contributed by atoms with Gasteiger partial charge in [0.2, 0.25) is 0 Å². The van der Waals surface area contributed by atoms with E-state index in [0.717, 1.165) is 13.0 Å². The Bertz CT molecular complexity index is 323. The van der Waals surface area contributed by atoms with Crippen LogP contribution in [-0.2, 0) is 6.42 Å². The van der Waals surface area contributed by atoms with Crippen LogP contribution in [0.5, 0.6) is 0 Å². The molecule has 0 aliphatic rings. The Hall–Kier alpha value is -0.820. The molecule has 1 heteroatoms. The molecule has 0 spiro atoms. The van der Waals surface area contributed by atoms with Gasteiger partial charge in [-0.2, -0.15) is 0 Å². The zero-order valence-electron chi connectivity index (χ0n) is 12.0. The zero-order valence-corrected chi connectivity index (χ0v) is 12.0. The highest BCUT2D eigenvalue weighted by atomic mass is 15.0. The maximum atomic E-state index is 3.63. The molecule has 0 heterocycles. The summed E-state index contributed by atoms with van der Waals surface area (Å²) in [5, 5.41) is 3.63. The molecule has 1 aromatic rings. The third-order valence-electron chi connectivity index (χ3n) is 3.37. The van der Waals surface area contributed by atoms with Gasteiger partial charge in [-0.3, -0.25) is 0 Å². The number of hydrogen-bond donors (Lipinski definition) is 1. The van der Waals surface area contributed by atoms with E-state index < -0.39 is 0 Å². The normalized spacial score (nSPS) is 15.6. The van der Waals surface area contributed by atoms with Crippen molar-refractivity contribution in [1.29, 1.82) is 0 Å². The number of rotatable bonds is 5. The second-order valence-corrected chi connectivity index (χ2v) is 6.43. The van der Waals surface area contributed by atoms with Crippen LogP contribution in [0.3, 0.4) is 0 Å².